The summed E-state index contributed by atoms with van der Waals surface area (Å²) in [5, 5.41) is 1.23. The molecule has 0 radical (unpaired) electrons. The van der Waals surface area contributed by atoms with E-state index in [-0.39, 0.29) is 5.57 Å². The Kier molecular flexibility index (Phi) is 7.52. The Balaban J connectivity index is 1.42. The number of para-hydroxylation sites is 1. The van der Waals surface area contributed by atoms with Crippen LogP contribution in [0.25, 0.3) is 6.08 Å². The summed E-state index contributed by atoms with van der Waals surface area (Å²) in [5.74, 6) is 1.64. The van der Waals surface area contributed by atoms with Crippen LogP contribution in [-0.2, 0) is 9.59 Å². The van der Waals surface area contributed by atoms with Crippen LogP contribution in [0.3, 0.4) is 0 Å². The summed E-state index contributed by atoms with van der Waals surface area (Å²) in [4.78, 5) is 25.3. The molecule has 1 aliphatic heterocycles. The molecule has 3 aromatic carbocycles. The molecule has 1 aliphatic rings. The standard InChI is InChI=1S/C27H26N2O6/c1-3-33-25-18-19(17-23-26(30)28-29(27(23)31)20-7-5-4-6-8-20)9-14-24(25)35-16-15-34-22-12-10-21(32-2)11-13-22/h4-14,17-18H,3,15-16H2,1-2H3,(H,28,30). The molecule has 35 heavy (non-hydrogen) atoms. The van der Waals surface area contributed by atoms with Crippen molar-refractivity contribution in [2.45, 2.75) is 6.92 Å². The lowest BCUT2D eigenvalue weighted by atomic mass is 10.1. The second kappa shape index (κ2) is 11.1. The van der Waals surface area contributed by atoms with Crippen LogP contribution >= 0.6 is 0 Å². The second-order valence-electron chi connectivity index (χ2n) is 7.49. The lowest BCUT2D eigenvalue weighted by Crippen LogP contribution is -2.35. The van der Waals surface area contributed by atoms with Crippen molar-refractivity contribution in [2.24, 2.45) is 0 Å². The molecule has 4 rings (SSSR count). The van der Waals surface area contributed by atoms with E-state index in [1.54, 1.807) is 55.7 Å². The molecule has 1 N–H and O–H groups in total. The van der Waals surface area contributed by atoms with Crippen LogP contribution in [-0.4, -0.2) is 38.7 Å². The quantitative estimate of drug-likeness (QED) is 0.271. The van der Waals surface area contributed by atoms with Gasteiger partial charge in [0.2, 0.25) is 0 Å². The molecule has 0 aromatic heterocycles. The highest BCUT2D eigenvalue weighted by Crippen LogP contribution is 2.30. The van der Waals surface area contributed by atoms with Gasteiger partial charge in [0.25, 0.3) is 11.8 Å². The fraction of sp³-hybridized carbons (Fsp3) is 0.185. The van der Waals surface area contributed by atoms with Crippen LogP contribution < -0.4 is 29.4 Å². The van der Waals surface area contributed by atoms with E-state index >= 15 is 0 Å². The maximum Gasteiger partial charge on any atom is 0.282 e. The van der Waals surface area contributed by atoms with E-state index in [4.69, 9.17) is 18.9 Å². The molecule has 1 saturated heterocycles. The Labute approximate surface area is 203 Å². The number of carbonyl (C=O) groups excluding carboxylic acids is 2. The van der Waals surface area contributed by atoms with Crippen molar-refractivity contribution in [3.05, 3.63) is 83.9 Å². The molecule has 8 nitrogen and oxygen atoms in total. The van der Waals surface area contributed by atoms with Gasteiger partial charge in [-0.3, -0.25) is 15.0 Å². The maximum absolute atomic E-state index is 12.8. The predicted octanol–water partition coefficient (Wildman–Crippen LogP) is 4.01. The van der Waals surface area contributed by atoms with Gasteiger partial charge in [0.1, 0.15) is 30.3 Å². The molecular formula is C27H26N2O6. The van der Waals surface area contributed by atoms with Gasteiger partial charge in [-0.15, -0.1) is 0 Å². The number of anilines is 1. The van der Waals surface area contributed by atoms with Crippen molar-refractivity contribution in [1.29, 1.82) is 0 Å². The lowest BCUT2D eigenvalue weighted by Gasteiger charge is -2.14. The van der Waals surface area contributed by atoms with Crippen molar-refractivity contribution in [3.8, 4) is 23.0 Å². The highest BCUT2D eigenvalue weighted by atomic mass is 16.5. The average Bonchev–Trinajstić information content (AvgIpc) is 3.17. The summed E-state index contributed by atoms with van der Waals surface area (Å²) in [6, 6.07) is 21.5. The highest BCUT2D eigenvalue weighted by molar-refractivity contribution is 6.31. The van der Waals surface area contributed by atoms with Crippen LogP contribution in [0.15, 0.2) is 78.4 Å². The summed E-state index contributed by atoms with van der Waals surface area (Å²) < 4.78 is 22.4. The molecule has 180 valence electrons. The first kappa shape index (κ1) is 23.7. The van der Waals surface area contributed by atoms with E-state index in [0.29, 0.717) is 48.3 Å². The Morgan fingerprint density at radius 3 is 2.26 bits per heavy atom. The van der Waals surface area contributed by atoms with Crippen molar-refractivity contribution >= 4 is 23.6 Å². The van der Waals surface area contributed by atoms with Crippen molar-refractivity contribution in [3.63, 3.8) is 0 Å². The van der Waals surface area contributed by atoms with E-state index in [2.05, 4.69) is 5.43 Å². The van der Waals surface area contributed by atoms with E-state index in [1.807, 2.05) is 37.3 Å². The smallest absolute Gasteiger partial charge is 0.282 e. The van der Waals surface area contributed by atoms with Gasteiger partial charge in [0, 0.05) is 0 Å². The van der Waals surface area contributed by atoms with Gasteiger partial charge in [-0.1, -0.05) is 24.3 Å². The van der Waals surface area contributed by atoms with Gasteiger partial charge in [-0.2, -0.15) is 0 Å². The zero-order chi connectivity index (χ0) is 24.6. The first-order valence-corrected chi connectivity index (χ1v) is 11.2. The van der Waals surface area contributed by atoms with Gasteiger partial charge >= 0.3 is 0 Å². The molecule has 0 aliphatic carbocycles. The number of hydrazine groups is 1. The number of nitrogens with one attached hydrogen (secondary N) is 1. The SMILES string of the molecule is CCOc1cc(C=C2C(=O)NN(c3ccccc3)C2=O)ccc1OCCOc1ccc(OC)cc1. The molecule has 2 amide bonds. The van der Waals surface area contributed by atoms with Crippen LogP contribution in [0, 0.1) is 0 Å². The number of nitrogens with zero attached hydrogens (tertiary/aromatic N) is 1. The molecule has 1 fully saturated rings. The number of benzene rings is 3. The molecule has 0 saturated carbocycles. The molecule has 0 atom stereocenters. The van der Waals surface area contributed by atoms with Crippen molar-refractivity contribution in [1.82, 2.24) is 5.43 Å². The molecule has 1 heterocycles. The minimum atomic E-state index is -0.465. The van der Waals surface area contributed by atoms with Gasteiger partial charge in [0.05, 0.1) is 19.4 Å². The second-order valence-corrected chi connectivity index (χ2v) is 7.49. The predicted molar refractivity (Wildman–Crippen MR) is 132 cm³/mol. The first-order chi connectivity index (χ1) is 17.1. The zero-order valence-electron chi connectivity index (χ0n) is 19.5. The van der Waals surface area contributed by atoms with Crippen LogP contribution in [0.5, 0.6) is 23.0 Å². The maximum atomic E-state index is 12.8. The Bertz CT molecular complexity index is 1210. The molecular weight excluding hydrogens is 448 g/mol. The van der Waals surface area contributed by atoms with Crippen LogP contribution in [0.1, 0.15) is 12.5 Å². The zero-order valence-corrected chi connectivity index (χ0v) is 19.5. The first-order valence-electron chi connectivity index (χ1n) is 11.2. The minimum Gasteiger partial charge on any atom is -0.497 e. The molecule has 0 bridgehead atoms. The topological polar surface area (TPSA) is 86.3 Å². The van der Waals surface area contributed by atoms with Gasteiger partial charge in [-0.25, -0.2) is 5.01 Å². The molecule has 0 spiro atoms. The number of amides is 2. The van der Waals surface area contributed by atoms with Gasteiger partial charge < -0.3 is 18.9 Å². The third kappa shape index (κ3) is 5.73. The lowest BCUT2D eigenvalue weighted by molar-refractivity contribution is -0.117. The largest absolute Gasteiger partial charge is 0.497 e. The number of methoxy groups -OCH3 is 1. The molecule has 0 unspecified atom stereocenters. The van der Waals surface area contributed by atoms with Gasteiger partial charge in [0.15, 0.2) is 11.5 Å². The summed E-state index contributed by atoms with van der Waals surface area (Å²) in [6.07, 6.45) is 1.54. The number of rotatable bonds is 10. The van der Waals surface area contributed by atoms with E-state index in [0.717, 1.165) is 5.75 Å². The minimum absolute atomic E-state index is 0.0397. The summed E-state index contributed by atoms with van der Waals surface area (Å²) in [7, 11) is 1.61. The average molecular weight is 475 g/mol. The number of hydrogen-bond donors (Lipinski definition) is 1. The third-order valence-electron chi connectivity index (χ3n) is 5.15. The van der Waals surface area contributed by atoms with Crippen molar-refractivity contribution in [2.75, 3.05) is 31.9 Å². The Hall–Kier alpha value is -4.46. The summed E-state index contributed by atoms with van der Waals surface area (Å²) in [6.45, 7) is 2.94. The molecule has 3 aromatic rings. The van der Waals surface area contributed by atoms with Crippen molar-refractivity contribution < 1.29 is 28.5 Å². The summed E-state index contributed by atoms with van der Waals surface area (Å²) in [5.41, 5.74) is 3.87. The van der Waals surface area contributed by atoms with E-state index in [1.165, 1.54) is 5.01 Å². The molecule has 8 heteroatoms. The number of carbonyl (C=O) groups is 2. The van der Waals surface area contributed by atoms with Crippen LogP contribution in [0.2, 0.25) is 0 Å². The van der Waals surface area contributed by atoms with Crippen LogP contribution in [0.4, 0.5) is 5.69 Å². The number of ether oxygens (including phenoxy) is 4. The monoisotopic (exact) mass is 474 g/mol. The van der Waals surface area contributed by atoms with E-state index < -0.39 is 11.8 Å². The third-order valence-corrected chi connectivity index (χ3v) is 5.15. The number of hydrogen-bond acceptors (Lipinski definition) is 6. The fourth-order valence-corrected chi connectivity index (χ4v) is 3.47. The van der Waals surface area contributed by atoms with Gasteiger partial charge in [-0.05, 0) is 67.1 Å². The summed E-state index contributed by atoms with van der Waals surface area (Å²) >= 11 is 0. The Morgan fingerprint density at radius 1 is 0.829 bits per heavy atom. The normalized spacial score (nSPS) is 14.1. The highest BCUT2D eigenvalue weighted by Gasteiger charge is 2.34. The van der Waals surface area contributed by atoms with E-state index in [9.17, 15) is 9.59 Å². The fourth-order valence-electron chi connectivity index (χ4n) is 3.47. The Morgan fingerprint density at radius 2 is 1.54 bits per heavy atom.